The van der Waals surface area contributed by atoms with E-state index >= 15 is 0 Å². The third kappa shape index (κ3) is 1.05. The van der Waals surface area contributed by atoms with Gasteiger partial charge in [0.05, 0.1) is 24.0 Å². The number of imide groups is 1. The summed E-state index contributed by atoms with van der Waals surface area (Å²) in [5, 5.41) is 0. The first kappa shape index (κ1) is 9.30. The Morgan fingerprint density at radius 2 is 1.73 bits per heavy atom. The van der Waals surface area contributed by atoms with Crippen molar-refractivity contribution in [3.8, 4) is 0 Å². The van der Waals surface area contributed by atoms with E-state index in [1.807, 2.05) is 0 Å². The molecule has 3 heterocycles. The van der Waals surface area contributed by atoms with Crippen LogP contribution in [0.3, 0.4) is 0 Å². The fraction of sp³-hybridized carbons (Fsp3) is 0.800. The highest BCUT2D eigenvalue weighted by atomic mass is 16.5. The number of fused-ring (bicyclic) bond motifs is 5. The van der Waals surface area contributed by atoms with E-state index in [-0.39, 0.29) is 35.9 Å². The molecule has 4 atom stereocenters. The molecule has 5 heteroatoms. The molecule has 4 unspecified atom stereocenters. The number of likely N-dealkylation sites (tertiary alicyclic amines) is 1. The van der Waals surface area contributed by atoms with E-state index in [0.717, 1.165) is 12.8 Å². The Morgan fingerprint density at radius 1 is 1.20 bits per heavy atom. The minimum Gasteiger partial charge on any atom is -0.373 e. The standard InChI is InChI=1S/C10H14N2O3/c11-3-4-12-9(13)7-5-1-2-6(15-5)8(7)10(12)14/h5-8H,1-4,11H2. The average Bonchev–Trinajstić information content (AvgIpc) is 2.87. The lowest BCUT2D eigenvalue weighted by atomic mass is 9.81. The molecule has 0 spiro atoms. The molecule has 3 rings (SSSR count). The number of amides is 2. The molecule has 0 saturated carbocycles. The summed E-state index contributed by atoms with van der Waals surface area (Å²) in [6.45, 7) is 0.692. The Bertz CT molecular complexity index is 303. The first-order valence-corrected chi connectivity index (χ1v) is 5.45. The number of rotatable bonds is 2. The Balaban J connectivity index is 1.90. The van der Waals surface area contributed by atoms with Crippen LogP contribution in [0, 0.1) is 11.8 Å². The summed E-state index contributed by atoms with van der Waals surface area (Å²) in [4.78, 5) is 25.2. The van der Waals surface area contributed by atoms with E-state index in [1.165, 1.54) is 4.90 Å². The molecule has 0 aromatic rings. The van der Waals surface area contributed by atoms with Crippen LogP contribution in [0.1, 0.15) is 12.8 Å². The fourth-order valence-corrected chi connectivity index (χ4v) is 3.12. The van der Waals surface area contributed by atoms with E-state index in [1.54, 1.807) is 0 Å². The highest BCUT2D eigenvalue weighted by Gasteiger charge is 2.61. The second-order valence-electron chi connectivity index (χ2n) is 4.46. The predicted molar refractivity (Wildman–Crippen MR) is 50.6 cm³/mol. The number of hydrogen-bond donors (Lipinski definition) is 1. The number of carbonyl (C=O) groups is 2. The Hall–Kier alpha value is -0.940. The van der Waals surface area contributed by atoms with Crippen molar-refractivity contribution in [2.75, 3.05) is 13.1 Å². The van der Waals surface area contributed by atoms with Gasteiger partial charge in [-0.1, -0.05) is 0 Å². The Kier molecular flexibility index (Phi) is 1.87. The molecule has 3 aliphatic rings. The van der Waals surface area contributed by atoms with Crippen molar-refractivity contribution in [1.29, 1.82) is 0 Å². The van der Waals surface area contributed by atoms with Crippen LogP contribution < -0.4 is 5.73 Å². The van der Waals surface area contributed by atoms with Gasteiger partial charge in [-0.25, -0.2) is 0 Å². The summed E-state index contributed by atoms with van der Waals surface area (Å²) in [7, 11) is 0. The smallest absolute Gasteiger partial charge is 0.235 e. The summed E-state index contributed by atoms with van der Waals surface area (Å²) >= 11 is 0. The molecule has 0 aromatic heterocycles. The van der Waals surface area contributed by atoms with Crippen molar-refractivity contribution in [3.05, 3.63) is 0 Å². The van der Waals surface area contributed by atoms with Crippen LogP contribution in [0.15, 0.2) is 0 Å². The molecule has 2 bridgehead atoms. The van der Waals surface area contributed by atoms with Gasteiger partial charge in [0, 0.05) is 13.1 Å². The van der Waals surface area contributed by atoms with Crippen LogP contribution in [0.25, 0.3) is 0 Å². The zero-order valence-electron chi connectivity index (χ0n) is 8.39. The predicted octanol–water partition coefficient (Wildman–Crippen LogP) is -0.892. The molecule has 3 fully saturated rings. The molecule has 82 valence electrons. The van der Waals surface area contributed by atoms with Gasteiger partial charge in [-0.2, -0.15) is 0 Å². The van der Waals surface area contributed by atoms with Gasteiger partial charge in [0.1, 0.15) is 0 Å². The fourth-order valence-electron chi connectivity index (χ4n) is 3.12. The van der Waals surface area contributed by atoms with Gasteiger partial charge < -0.3 is 10.5 Å². The number of carbonyl (C=O) groups excluding carboxylic acids is 2. The monoisotopic (exact) mass is 210 g/mol. The zero-order chi connectivity index (χ0) is 10.6. The van der Waals surface area contributed by atoms with Crippen LogP contribution in [0.4, 0.5) is 0 Å². The lowest BCUT2D eigenvalue weighted by molar-refractivity contribution is -0.142. The minimum absolute atomic E-state index is 0.0146. The van der Waals surface area contributed by atoms with Crippen molar-refractivity contribution < 1.29 is 14.3 Å². The van der Waals surface area contributed by atoms with Gasteiger partial charge in [-0.3, -0.25) is 14.5 Å². The maximum absolute atomic E-state index is 11.9. The molecule has 0 aliphatic carbocycles. The Morgan fingerprint density at radius 3 is 2.20 bits per heavy atom. The summed E-state index contributed by atoms with van der Waals surface area (Å²) in [6.07, 6.45) is 1.81. The van der Waals surface area contributed by atoms with Crippen LogP contribution in [0.5, 0.6) is 0 Å². The quantitative estimate of drug-likeness (QED) is 0.600. The van der Waals surface area contributed by atoms with Crippen LogP contribution in [0.2, 0.25) is 0 Å². The third-order valence-corrected chi connectivity index (χ3v) is 3.73. The van der Waals surface area contributed by atoms with E-state index in [9.17, 15) is 9.59 Å². The van der Waals surface area contributed by atoms with Gasteiger partial charge in [0.2, 0.25) is 11.8 Å². The third-order valence-electron chi connectivity index (χ3n) is 3.73. The van der Waals surface area contributed by atoms with Gasteiger partial charge in [-0.15, -0.1) is 0 Å². The lowest BCUT2D eigenvalue weighted by Gasteiger charge is -2.15. The molecular formula is C10H14N2O3. The van der Waals surface area contributed by atoms with E-state index in [4.69, 9.17) is 10.5 Å². The molecule has 5 nitrogen and oxygen atoms in total. The van der Waals surface area contributed by atoms with Crippen LogP contribution in [-0.2, 0) is 14.3 Å². The second-order valence-corrected chi connectivity index (χ2v) is 4.46. The van der Waals surface area contributed by atoms with Crippen molar-refractivity contribution in [1.82, 2.24) is 4.90 Å². The SMILES string of the molecule is NCCN1C(=O)C2C3CCC(O3)C2C1=O. The largest absolute Gasteiger partial charge is 0.373 e. The molecule has 15 heavy (non-hydrogen) atoms. The normalized spacial score (nSPS) is 42.9. The molecular weight excluding hydrogens is 196 g/mol. The van der Waals surface area contributed by atoms with Gasteiger partial charge >= 0.3 is 0 Å². The van der Waals surface area contributed by atoms with Crippen molar-refractivity contribution in [2.45, 2.75) is 25.0 Å². The maximum atomic E-state index is 11.9. The number of hydrogen-bond acceptors (Lipinski definition) is 4. The van der Waals surface area contributed by atoms with Gasteiger partial charge in [-0.05, 0) is 12.8 Å². The van der Waals surface area contributed by atoms with E-state index in [0.29, 0.717) is 13.1 Å². The lowest BCUT2D eigenvalue weighted by Crippen LogP contribution is -2.37. The number of nitrogens with zero attached hydrogens (tertiary/aromatic N) is 1. The van der Waals surface area contributed by atoms with Crippen LogP contribution >= 0.6 is 0 Å². The summed E-state index contributed by atoms with van der Waals surface area (Å²) in [5.74, 6) is -0.545. The van der Waals surface area contributed by atoms with Gasteiger partial charge in [0.25, 0.3) is 0 Å². The highest BCUT2D eigenvalue weighted by Crippen LogP contribution is 2.48. The molecule has 2 amide bonds. The van der Waals surface area contributed by atoms with Crippen molar-refractivity contribution >= 4 is 11.8 Å². The summed E-state index contributed by atoms with van der Waals surface area (Å²) < 4.78 is 5.61. The molecule has 3 saturated heterocycles. The minimum atomic E-state index is -0.206. The highest BCUT2D eigenvalue weighted by molar-refractivity contribution is 6.06. The first-order valence-electron chi connectivity index (χ1n) is 5.45. The Labute approximate surface area is 87.5 Å². The number of nitrogens with two attached hydrogens (primary N) is 1. The van der Waals surface area contributed by atoms with Gasteiger partial charge in [0.15, 0.2) is 0 Å². The number of ether oxygens (including phenoxy) is 1. The van der Waals surface area contributed by atoms with Crippen molar-refractivity contribution in [2.24, 2.45) is 17.6 Å². The molecule has 0 radical (unpaired) electrons. The maximum Gasteiger partial charge on any atom is 0.235 e. The summed E-state index contributed by atoms with van der Waals surface area (Å²) in [5.41, 5.74) is 5.39. The van der Waals surface area contributed by atoms with E-state index in [2.05, 4.69) is 0 Å². The first-order chi connectivity index (χ1) is 7.24. The average molecular weight is 210 g/mol. The molecule has 2 N–H and O–H groups in total. The second kappa shape index (κ2) is 3.02. The molecule has 0 aromatic carbocycles. The zero-order valence-corrected chi connectivity index (χ0v) is 8.39. The van der Waals surface area contributed by atoms with Crippen molar-refractivity contribution in [3.63, 3.8) is 0 Å². The van der Waals surface area contributed by atoms with Crippen LogP contribution in [-0.4, -0.2) is 42.0 Å². The van der Waals surface area contributed by atoms with E-state index < -0.39 is 0 Å². The summed E-state index contributed by atoms with van der Waals surface area (Å²) in [6, 6.07) is 0. The molecule has 3 aliphatic heterocycles. The topological polar surface area (TPSA) is 72.6 Å².